The molecule has 1 aliphatic rings. The molecule has 6 nitrogen and oxygen atoms in total. The molecule has 1 amide bonds. The van der Waals surface area contributed by atoms with Gasteiger partial charge in [0, 0.05) is 18.3 Å². The van der Waals surface area contributed by atoms with Crippen LogP contribution < -0.4 is 15.8 Å². The molecule has 0 aliphatic heterocycles. The number of ether oxygens (including phenoxy) is 1. The van der Waals surface area contributed by atoms with Crippen molar-refractivity contribution < 1.29 is 18.3 Å². The number of aromatic nitrogens is 2. The second-order valence-corrected chi connectivity index (χ2v) is 7.43. The van der Waals surface area contributed by atoms with Crippen molar-refractivity contribution in [3.8, 4) is 5.75 Å². The Balaban J connectivity index is 1.66. The average Bonchev–Trinajstić information content (AvgIpc) is 3.00. The topological polar surface area (TPSA) is 81.6 Å². The normalized spacial score (nSPS) is 18.5. The van der Waals surface area contributed by atoms with Gasteiger partial charge in [0.25, 0.3) is 5.91 Å². The van der Waals surface area contributed by atoms with Crippen LogP contribution >= 0.6 is 0 Å². The summed E-state index contributed by atoms with van der Waals surface area (Å²) in [5.74, 6) is -1.27. The van der Waals surface area contributed by atoms with E-state index in [-0.39, 0.29) is 30.2 Å². The van der Waals surface area contributed by atoms with Gasteiger partial charge in [0.2, 0.25) is 0 Å². The molecule has 0 saturated heterocycles. The Hall–Kier alpha value is -3.00. The lowest BCUT2D eigenvalue weighted by Crippen LogP contribution is -2.54. The number of halogens is 2. The molecule has 152 valence electrons. The summed E-state index contributed by atoms with van der Waals surface area (Å²) in [5, 5.41) is 2.95. The van der Waals surface area contributed by atoms with Crippen LogP contribution in [0.25, 0.3) is 5.65 Å². The van der Waals surface area contributed by atoms with Gasteiger partial charge in [-0.1, -0.05) is 6.07 Å². The highest BCUT2D eigenvalue weighted by Crippen LogP contribution is 2.26. The summed E-state index contributed by atoms with van der Waals surface area (Å²) in [7, 11) is 0. The molecular formula is C21H22F2N4O2. The van der Waals surface area contributed by atoms with Crippen molar-refractivity contribution in [1.29, 1.82) is 0 Å². The first-order chi connectivity index (χ1) is 13.8. The quantitative estimate of drug-likeness (QED) is 0.690. The number of amides is 1. The molecule has 3 aromatic rings. The Morgan fingerprint density at radius 1 is 1.31 bits per heavy atom. The molecule has 1 aliphatic carbocycles. The van der Waals surface area contributed by atoms with E-state index in [9.17, 15) is 13.6 Å². The molecule has 1 aromatic carbocycles. The summed E-state index contributed by atoms with van der Waals surface area (Å²) in [6, 6.07) is 5.31. The van der Waals surface area contributed by atoms with Crippen LogP contribution in [0.2, 0.25) is 0 Å². The minimum absolute atomic E-state index is 0.0327. The van der Waals surface area contributed by atoms with E-state index in [4.69, 9.17) is 10.5 Å². The maximum atomic E-state index is 13.9. The van der Waals surface area contributed by atoms with E-state index in [1.807, 2.05) is 6.92 Å². The summed E-state index contributed by atoms with van der Waals surface area (Å²) < 4.78 is 35.2. The Labute approximate surface area is 166 Å². The fourth-order valence-corrected chi connectivity index (χ4v) is 3.50. The highest BCUT2D eigenvalue weighted by Gasteiger charge is 2.30. The van der Waals surface area contributed by atoms with Crippen LogP contribution in [0, 0.1) is 25.5 Å². The monoisotopic (exact) mass is 400 g/mol. The molecule has 0 radical (unpaired) electrons. The first kappa shape index (κ1) is 19.3. The van der Waals surface area contributed by atoms with Crippen molar-refractivity contribution in [1.82, 2.24) is 14.7 Å². The van der Waals surface area contributed by atoms with E-state index in [0.29, 0.717) is 22.8 Å². The second-order valence-electron chi connectivity index (χ2n) is 7.43. The van der Waals surface area contributed by atoms with Gasteiger partial charge < -0.3 is 15.8 Å². The molecule has 1 saturated carbocycles. The molecular weight excluding hydrogens is 378 g/mol. The third-order valence-corrected chi connectivity index (χ3v) is 5.29. The minimum atomic E-state index is -0.676. The zero-order valence-electron chi connectivity index (χ0n) is 16.2. The summed E-state index contributed by atoms with van der Waals surface area (Å²) >= 11 is 0. The van der Waals surface area contributed by atoms with Gasteiger partial charge >= 0.3 is 0 Å². The number of benzene rings is 1. The highest BCUT2D eigenvalue weighted by atomic mass is 19.1. The number of pyridine rings is 1. The first-order valence-corrected chi connectivity index (χ1v) is 9.46. The standard InChI is InChI=1S/C21H22F2N4O2/c1-11-8-18(29-10-13-14(22)4-3-5-15(13)23)20-25-12(2)19(27(20)9-11)21(28)26-17-7-6-16(17)24/h3-5,8-9,16-17H,6-7,10,24H2,1-2H3,(H,26,28). The van der Waals surface area contributed by atoms with Gasteiger partial charge in [0.05, 0.1) is 11.3 Å². The maximum Gasteiger partial charge on any atom is 0.270 e. The zero-order valence-corrected chi connectivity index (χ0v) is 16.2. The van der Waals surface area contributed by atoms with E-state index < -0.39 is 11.6 Å². The Morgan fingerprint density at radius 2 is 2.03 bits per heavy atom. The molecule has 8 heteroatoms. The number of aryl methyl sites for hydroxylation is 2. The number of hydrogen-bond donors (Lipinski definition) is 2. The molecule has 29 heavy (non-hydrogen) atoms. The zero-order chi connectivity index (χ0) is 20.7. The summed E-state index contributed by atoms with van der Waals surface area (Å²) in [6.07, 6.45) is 3.52. The van der Waals surface area contributed by atoms with E-state index in [1.165, 1.54) is 18.2 Å². The van der Waals surface area contributed by atoms with E-state index in [0.717, 1.165) is 18.4 Å². The van der Waals surface area contributed by atoms with Crippen LogP contribution in [0.15, 0.2) is 30.5 Å². The third kappa shape index (κ3) is 3.55. The van der Waals surface area contributed by atoms with Crippen LogP contribution in [-0.2, 0) is 6.61 Å². The Bertz CT molecular complexity index is 1080. The maximum absolute atomic E-state index is 13.9. The van der Waals surface area contributed by atoms with Crippen molar-refractivity contribution in [3.63, 3.8) is 0 Å². The lowest BCUT2D eigenvalue weighted by atomic mass is 9.87. The summed E-state index contributed by atoms with van der Waals surface area (Å²) in [6.45, 7) is 3.29. The van der Waals surface area contributed by atoms with Crippen molar-refractivity contribution in [2.45, 2.75) is 45.4 Å². The van der Waals surface area contributed by atoms with Gasteiger partial charge in [-0.05, 0) is 50.5 Å². The van der Waals surface area contributed by atoms with Gasteiger partial charge in [-0.2, -0.15) is 0 Å². The fraction of sp³-hybridized carbons (Fsp3) is 0.333. The molecule has 0 spiro atoms. The molecule has 2 aromatic heterocycles. The van der Waals surface area contributed by atoms with Crippen LogP contribution in [0.3, 0.4) is 0 Å². The number of rotatable bonds is 5. The number of nitrogens with two attached hydrogens (primary N) is 1. The van der Waals surface area contributed by atoms with Crippen molar-refractivity contribution >= 4 is 11.6 Å². The molecule has 2 atom stereocenters. The fourth-order valence-electron chi connectivity index (χ4n) is 3.50. The van der Waals surface area contributed by atoms with E-state index in [2.05, 4.69) is 10.3 Å². The number of fused-ring (bicyclic) bond motifs is 1. The van der Waals surface area contributed by atoms with Crippen molar-refractivity contribution in [2.75, 3.05) is 0 Å². The number of carbonyl (C=O) groups excluding carboxylic acids is 1. The summed E-state index contributed by atoms with van der Waals surface area (Å²) in [5.41, 5.74) is 7.91. The summed E-state index contributed by atoms with van der Waals surface area (Å²) in [4.78, 5) is 17.3. The lowest BCUT2D eigenvalue weighted by molar-refractivity contribution is 0.0899. The van der Waals surface area contributed by atoms with Gasteiger partial charge in [-0.15, -0.1) is 0 Å². The molecule has 3 N–H and O–H groups in total. The number of nitrogens with one attached hydrogen (secondary N) is 1. The van der Waals surface area contributed by atoms with Crippen LogP contribution in [0.4, 0.5) is 8.78 Å². The van der Waals surface area contributed by atoms with Gasteiger partial charge in [-0.25, -0.2) is 13.8 Å². The first-order valence-electron chi connectivity index (χ1n) is 9.46. The van der Waals surface area contributed by atoms with Crippen LogP contribution in [0.1, 0.15) is 40.2 Å². The van der Waals surface area contributed by atoms with Gasteiger partial charge in [0.15, 0.2) is 11.4 Å². The molecule has 2 heterocycles. The molecule has 2 unspecified atom stereocenters. The number of imidazole rings is 1. The molecule has 0 bridgehead atoms. The van der Waals surface area contributed by atoms with E-state index >= 15 is 0 Å². The number of carbonyl (C=O) groups is 1. The minimum Gasteiger partial charge on any atom is -0.485 e. The molecule has 4 rings (SSSR count). The van der Waals surface area contributed by atoms with E-state index in [1.54, 1.807) is 23.6 Å². The predicted molar refractivity (Wildman–Crippen MR) is 104 cm³/mol. The predicted octanol–water partition coefficient (Wildman–Crippen LogP) is 3.03. The smallest absolute Gasteiger partial charge is 0.270 e. The number of hydrogen-bond acceptors (Lipinski definition) is 4. The van der Waals surface area contributed by atoms with Crippen LogP contribution in [-0.4, -0.2) is 27.4 Å². The lowest BCUT2D eigenvalue weighted by Gasteiger charge is -2.34. The number of nitrogens with zero attached hydrogens (tertiary/aromatic N) is 2. The van der Waals surface area contributed by atoms with Gasteiger partial charge in [0.1, 0.15) is 23.9 Å². The second kappa shape index (κ2) is 7.44. The highest BCUT2D eigenvalue weighted by molar-refractivity contribution is 5.95. The van der Waals surface area contributed by atoms with Crippen molar-refractivity contribution in [3.05, 3.63) is 64.6 Å². The SMILES string of the molecule is Cc1cc(OCc2c(F)cccc2F)c2nc(C)c(C(=O)NC3CCC3N)n2c1. The average molecular weight is 400 g/mol. The Morgan fingerprint density at radius 3 is 2.66 bits per heavy atom. The Kier molecular flexibility index (Phi) is 4.96. The third-order valence-electron chi connectivity index (χ3n) is 5.29. The van der Waals surface area contributed by atoms with Crippen molar-refractivity contribution in [2.24, 2.45) is 5.73 Å². The van der Waals surface area contributed by atoms with Gasteiger partial charge in [-0.3, -0.25) is 9.20 Å². The van der Waals surface area contributed by atoms with Crippen LogP contribution in [0.5, 0.6) is 5.75 Å². The molecule has 1 fully saturated rings. The largest absolute Gasteiger partial charge is 0.485 e.